The third-order valence-electron chi connectivity index (χ3n) is 25.7. The second-order valence-electron chi connectivity index (χ2n) is 33.9. The smallest absolute Gasteiger partial charge is 0.237 e. The van der Waals surface area contributed by atoms with Crippen LogP contribution in [0.25, 0.3) is 66.5 Å². The predicted molar refractivity (Wildman–Crippen MR) is 494 cm³/mol. The Balaban J connectivity index is 0.000000139. The van der Waals surface area contributed by atoms with Crippen LogP contribution in [0, 0.1) is 59.2 Å². The molecule has 6 aromatic heterocycles. The summed E-state index contributed by atoms with van der Waals surface area (Å²) in [6.45, 7) is 14.1. The molecule has 0 bridgehead atoms. The van der Waals surface area contributed by atoms with Gasteiger partial charge in [-0.2, -0.15) is 15.3 Å². The molecule has 9 aromatic rings. The summed E-state index contributed by atoms with van der Waals surface area (Å²) < 4.78 is 5.28. The number of nitrogens with one attached hydrogen (secondary N) is 5. The number of likely N-dealkylation sites (tertiary alicyclic amines) is 3. The van der Waals surface area contributed by atoms with Crippen LogP contribution in [0.2, 0.25) is 5.15 Å². The quantitative estimate of drug-likeness (QED) is 0.0294. The van der Waals surface area contributed by atoms with Gasteiger partial charge in [0.25, 0.3) is 0 Å². The number of halogens is 1. The summed E-state index contributed by atoms with van der Waals surface area (Å²) >= 11 is 6.10. The zero-order valence-corrected chi connectivity index (χ0v) is 72.6. The van der Waals surface area contributed by atoms with Crippen molar-refractivity contribution in [3.8, 4) is 75.7 Å². The molecule has 3 unspecified atom stereocenters. The van der Waals surface area contributed by atoms with Gasteiger partial charge in [0.05, 0.1) is 59.5 Å². The molecular formula is C101H104ClN17O7. The molecule has 3 fully saturated rings. The lowest BCUT2D eigenvalue weighted by Crippen LogP contribution is -2.44. The van der Waals surface area contributed by atoms with Gasteiger partial charge in [0.15, 0.2) is 0 Å². The van der Waals surface area contributed by atoms with E-state index >= 15 is 0 Å². The highest BCUT2D eigenvalue weighted by Gasteiger charge is 2.48. The molecule has 24 nitrogen and oxygen atoms in total. The molecule has 3 aliphatic carbocycles. The summed E-state index contributed by atoms with van der Waals surface area (Å²) in [5.41, 5.74) is 16.7. The van der Waals surface area contributed by atoms with Gasteiger partial charge in [0.1, 0.15) is 28.0 Å². The summed E-state index contributed by atoms with van der Waals surface area (Å²) in [6, 6.07) is 28.7. The number of allylic oxidation sites excluding steroid dienone is 12. The van der Waals surface area contributed by atoms with Crippen LogP contribution in [0.4, 0.5) is 11.4 Å². The van der Waals surface area contributed by atoms with Gasteiger partial charge < -0.3 is 30.1 Å². The Bertz CT molecular complexity index is 6220. The highest BCUT2D eigenvalue weighted by Crippen LogP contribution is 2.42. The van der Waals surface area contributed by atoms with E-state index in [2.05, 4.69) is 173 Å². The molecule has 642 valence electrons. The first-order chi connectivity index (χ1) is 61.3. The van der Waals surface area contributed by atoms with Crippen molar-refractivity contribution in [1.82, 2.24) is 74.9 Å². The fourth-order valence-electron chi connectivity index (χ4n) is 18.5. The predicted octanol–water partition coefficient (Wildman–Crippen LogP) is 14.9. The number of amides is 5. The number of H-pyrrole nitrogens is 3. The number of aromatic nitrogens is 9. The maximum Gasteiger partial charge on any atom is 0.237 e. The van der Waals surface area contributed by atoms with Crippen LogP contribution in [0.1, 0.15) is 102 Å². The number of methoxy groups -OCH3 is 1. The Morgan fingerprint density at radius 3 is 1.33 bits per heavy atom. The minimum atomic E-state index is -0.702. The number of aromatic amines is 3. The number of hydrogen-bond acceptors (Lipinski definition) is 16. The van der Waals surface area contributed by atoms with E-state index in [4.69, 9.17) is 22.8 Å². The number of carbonyl (C=O) groups is 6. The van der Waals surface area contributed by atoms with Crippen LogP contribution in [0.5, 0.6) is 5.88 Å². The minimum Gasteiger partial charge on any atom is -0.481 e. The van der Waals surface area contributed by atoms with Crippen molar-refractivity contribution in [2.75, 3.05) is 116 Å². The highest BCUT2D eigenvalue weighted by atomic mass is 35.5. The second-order valence-corrected chi connectivity index (χ2v) is 34.3. The minimum absolute atomic E-state index is 0.0622. The number of terminal acetylenes is 1. The van der Waals surface area contributed by atoms with E-state index < -0.39 is 16.2 Å². The fraction of sp³-hybridized carbons (Fsp3) is 0.347. The number of carbonyl (C=O) groups excluding carboxylic acids is 6. The number of rotatable bonds is 23. The topological polar surface area (TPSA) is 280 Å². The molecule has 5 amide bonds. The number of ketones is 1. The first kappa shape index (κ1) is 86.4. The summed E-state index contributed by atoms with van der Waals surface area (Å²) in [7, 11) is 1.58. The lowest BCUT2D eigenvalue weighted by molar-refractivity contribution is -0.133. The SMILES string of the molecule is C#CCC1(C(=O)Cc2ccc3[nH]nc(-c4ccnc(Cl)c4)c3c2)CCN(CC(=O)N2CC=C(C3=CCC=C3)CC2)C1.CC#CCC1(C(=O)Nc2ccc3[nH]nc(-c4ccnc(C)c4)c3c2)CCN(CC(=O)N2CC=C(C3=CCC=C3)CC2)C1.CC#CCC1(C(=O)Nc2ccc3[nH]nc(-c4ccnc(OC)c4)c3c2)CCN(CC(=O)N2CC=C(C3=CCC=C3)CC2)C1. The molecule has 12 heterocycles. The molecule has 126 heavy (non-hydrogen) atoms. The largest absolute Gasteiger partial charge is 0.481 e. The van der Waals surface area contributed by atoms with Crippen molar-refractivity contribution in [2.24, 2.45) is 16.2 Å². The lowest BCUT2D eigenvalue weighted by atomic mass is 9.77. The third kappa shape index (κ3) is 19.7. The molecule has 3 aromatic carbocycles. The number of Topliss-reactive ketones (excluding diaryl/α,β-unsaturated/α-hetero) is 1. The van der Waals surface area contributed by atoms with Crippen LogP contribution in [0.15, 0.2) is 216 Å². The molecule has 3 atom stereocenters. The van der Waals surface area contributed by atoms with E-state index in [9.17, 15) is 28.8 Å². The molecule has 9 aliphatic rings. The molecule has 0 radical (unpaired) electrons. The van der Waals surface area contributed by atoms with Gasteiger partial charge in [0.2, 0.25) is 35.4 Å². The van der Waals surface area contributed by atoms with E-state index in [0.29, 0.717) is 139 Å². The summed E-state index contributed by atoms with van der Waals surface area (Å²) in [5.74, 6) is 15.8. The third-order valence-corrected chi connectivity index (χ3v) is 25.9. The Hall–Kier alpha value is -13.2. The van der Waals surface area contributed by atoms with Crippen LogP contribution < -0.4 is 15.4 Å². The Morgan fingerprint density at radius 1 is 0.492 bits per heavy atom. The van der Waals surface area contributed by atoms with Gasteiger partial charge in [-0.05, 0) is 216 Å². The van der Waals surface area contributed by atoms with Gasteiger partial charge in [-0.3, -0.25) is 63.7 Å². The standard InChI is InChI=1S/C34H36N6O3.C34H36N6O2.C33H32ClN5O2/c1-3-4-14-34(15-19-39(23-34)22-31(41)40-17-12-25(13-18-40)24-7-5-6-8-24)33(42)36-27-9-10-29-28(21-27)32(38-37-29)26-11-16-35-30(20-26)43-2;1-3-4-14-34(15-19-39(23-34)22-31(41)40-17-12-26(13-18-40)25-7-5-6-8-25)33(42)36-28-9-10-30-29(21-28)32(38-37-30)27-11-16-35-24(2)20-27;1-2-12-33(13-17-38(22-33)21-31(41)39-15-10-25(11-16-39)24-5-3-4-6-24)29(40)19-23-7-8-28-27(18-23)32(37-36-28)26-9-14-35-30(34)20-26/h5,7-12,16,20-21H,6,13-15,17-19,22-23H2,1-2H3,(H,36,42)(H,37,38);5,7-12,16,20-21H,6,13-15,17-19,22-23H2,1-2H3,(H,36,42)(H,37,38);1,3,5-10,14,18,20H,4,11-13,15-17,19,21-22H2,(H,36,37). The number of hydrogen-bond donors (Lipinski definition) is 5. The maximum absolute atomic E-state index is 13.9. The van der Waals surface area contributed by atoms with Crippen molar-refractivity contribution in [1.29, 1.82) is 0 Å². The average Bonchev–Trinajstić information content (AvgIpc) is 1.64. The van der Waals surface area contributed by atoms with Crippen molar-refractivity contribution in [3.63, 3.8) is 0 Å². The number of fused-ring (bicyclic) bond motifs is 3. The molecule has 5 N–H and O–H groups in total. The first-order valence-corrected chi connectivity index (χ1v) is 43.8. The normalized spacial score (nSPS) is 20.3. The molecule has 0 saturated carbocycles. The molecule has 25 heteroatoms. The number of ether oxygens (including phenoxy) is 1. The number of anilines is 2. The van der Waals surface area contributed by atoms with Crippen LogP contribution in [-0.4, -0.2) is 216 Å². The second kappa shape index (κ2) is 38.9. The number of nitrogens with zero attached hydrogens (tertiary/aromatic N) is 12. The van der Waals surface area contributed by atoms with Crippen LogP contribution >= 0.6 is 11.6 Å². The van der Waals surface area contributed by atoms with Gasteiger partial charge in [-0.25, -0.2) is 9.97 Å². The van der Waals surface area contributed by atoms with E-state index in [1.54, 1.807) is 45.6 Å². The van der Waals surface area contributed by atoms with Gasteiger partial charge >= 0.3 is 0 Å². The van der Waals surface area contributed by atoms with Gasteiger partial charge in [0, 0.05) is 159 Å². The van der Waals surface area contributed by atoms with Crippen molar-refractivity contribution >= 4 is 91.0 Å². The Morgan fingerprint density at radius 2 is 0.913 bits per heavy atom. The molecular weight excluding hydrogens is 1600 g/mol. The van der Waals surface area contributed by atoms with Gasteiger partial charge in [-0.15, -0.1) is 36.0 Å². The first-order valence-electron chi connectivity index (χ1n) is 43.4. The Kier molecular flexibility index (Phi) is 26.7. The number of aryl methyl sites for hydroxylation is 1. The van der Waals surface area contributed by atoms with E-state index in [1.165, 1.54) is 33.4 Å². The number of benzene rings is 3. The Labute approximate surface area is 739 Å². The summed E-state index contributed by atoms with van der Waals surface area (Å²) in [4.78, 5) is 106. The van der Waals surface area contributed by atoms with E-state index in [0.717, 1.165) is 136 Å². The molecule has 3 saturated heterocycles. The van der Waals surface area contributed by atoms with Gasteiger partial charge in [-0.1, -0.05) is 90.6 Å². The fourth-order valence-corrected chi connectivity index (χ4v) is 18.7. The van der Waals surface area contributed by atoms with E-state index in [-0.39, 0.29) is 41.7 Å². The van der Waals surface area contributed by atoms with Crippen molar-refractivity contribution in [3.05, 3.63) is 232 Å². The van der Waals surface area contributed by atoms with Crippen LogP contribution in [0.3, 0.4) is 0 Å². The highest BCUT2D eigenvalue weighted by molar-refractivity contribution is 6.29. The molecule has 18 rings (SSSR count). The monoisotopic (exact) mass is 1700 g/mol. The average molecular weight is 1700 g/mol. The lowest BCUT2D eigenvalue weighted by Gasteiger charge is -2.30. The maximum atomic E-state index is 13.9. The van der Waals surface area contributed by atoms with Crippen LogP contribution in [-0.2, 0) is 35.2 Å². The van der Waals surface area contributed by atoms with E-state index in [1.807, 2.05) is 107 Å². The van der Waals surface area contributed by atoms with Crippen molar-refractivity contribution < 1.29 is 33.5 Å². The zero-order valence-electron chi connectivity index (χ0n) is 71.8. The molecule has 0 spiro atoms. The summed E-state index contributed by atoms with van der Waals surface area (Å²) in [5, 5.41) is 32.2. The number of pyridine rings is 3. The zero-order chi connectivity index (χ0) is 87.3. The van der Waals surface area contributed by atoms with Crippen molar-refractivity contribution in [2.45, 2.75) is 104 Å². The molecule has 6 aliphatic heterocycles. The summed E-state index contributed by atoms with van der Waals surface area (Å²) in [6.07, 6.45) is 46.2.